The largest absolute Gasteiger partial charge is 0.503 e. The summed E-state index contributed by atoms with van der Waals surface area (Å²) in [5.74, 6) is -3.72. The van der Waals surface area contributed by atoms with E-state index in [2.05, 4.69) is 5.32 Å². The maximum absolute atomic E-state index is 13.1. The van der Waals surface area contributed by atoms with Gasteiger partial charge in [0.1, 0.15) is 11.9 Å². The highest BCUT2D eigenvalue weighted by Gasteiger charge is 2.10. The Hall–Kier alpha value is -2.68. The molecule has 0 saturated heterocycles. The van der Waals surface area contributed by atoms with Crippen LogP contribution in [-0.4, -0.2) is 5.11 Å². The first-order chi connectivity index (χ1) is 9.51. The van der Waals surface area contributed by atoms with Crippen molar-refractivity contribution in [1.82, 2.24) is 0 Å². The van der Waals surface area contributed by atoms with Crippen LogP contribution in [0.1, 0.15) is 11.1 Å². The van der Waals surface area contributed by atoms with Gasteiger partial charge >= 0.3 is 0 Å². The summed E-state index contributed by atoms with van der Waals surface area (Å²) in [4.78, 5) is 0. The molecule has 0 saturated carbocycles. The second kappa shape index (κ2) is 5.53. The van der Waals surface area contributed by atoms with E-state index in [1.54, 1.807) is 0 Å². The molecule has 0 heterocycles. The van der Waals surface area contributed by atoms with Crippen LogP contribution >= 0.6 is 0 Å². The number of nitrogens with one attached hydrogen (secondary N) is 1. The predicted octanol–water partition coefficient (Wildman–Crippen LogP) is 3.29. The van der Waals surface area contributed by atoms with Gasteiger partial charge in [-0.25, -0.2) is 13.2 Å². The second-order valence-electron chi connectivity index (χ2n) is 4.06. The van der Waals surface area contributed by atoms with Crippen molar-refractivity contribution in [2.45, 2.75) is 6.54 Å². The lowest BCUT2D eigenvalue weighted by molar-refractivity contribution is 0.395. The Kier molecular flexibility index (Phi) is 3.80. The summed E-state index contributed by atoms with van der Waals surface area (Å²) in [5, 5.41) is 20.6. The lowest BCUT2D eigenvalue weighted by Gasteiger charge is -2.09. The van der Waals surface area contributed by atoms with Crippen LogP contribution in [-0.2, 0) is 6.54 Å². The maximum atomic E-state index is 13.1. The highest BCUT2D eigenvalue weighted by molar-refractivity contribution is 5.57. The second-order valence-corrected chi connectivity index (χ2v) is 4.06. The van der Waals surface area contributed by atoms with Gasteiger partial charge in [-0.15, -0.1) is 0 Å². The lowest BCUT2D eigenvalue weighted by Crippen LogP contribution is -2.02. The van der Waals surface area contributed by atoms with E-state index in [1.807, 2.05) is 6.07 Å². The topological polar surface area (TPSA) is 56.0 Å². The average Bonchev–Trinajstić information content (AvgIpc) is 2.43. The molecule has 0 unspecified atom stereocenters. The zero-order valence-electron chi connectivity index (χ0n) is 10.1. The quantitative estimate of drug-likeness (QED) is 0.905. The molecular formula is C14H9F3N2O. The van der Waals surface area contributed by atoms with Crippen LogP contribution in [0.2, 0.25) is 0 Å². The van der Waals surface area contributed by atoms with E-state index in [0.29, 0.717) is 5.69 Å². The molecule has 0 bridgehead atoms. The highest BCUT2D eigenvalue weighted by atomic mass is 19.1. The normalized spacial score (nSPS) is 10.1. The van der Waals surface area contributed by atoms with E-state index >= 15 is 0 Å². The molecule has 6 heteroatoms. The number of anilines is 1. The van der Waals surface area contributed by atoms with Crippen LogP contribution in [0, 0.1) is 28.8 Å². The average molecular weight is 278 g/mol. The number of halogens is 3. The summed E-state index contributed by atoms with van der Waals surface area (Å²) < 4.78 is 39.2. The molecule has 2 N–H and O–H groups in total. The molecule has 0 aliphatic rings. The van der Waals surface area contributed by atoms with Crippen LogP contribution in [0.15, 0.2) is 30.3 Å². The molecule has 20 heavy (non-hydrogen) atoms. The first-order valence-corrected chi connectivity index (χ1v) is 5.61. The monoisotopic (exact) mass is 278 g/mol. The van der Waals surface area contributed by atoms with Crippen LogP contribution in [0.4, 0.5) is 18.9 Å². The third kappa shape index (κ3) is 2.83. The molecule has 0 spiro atoms. The summed E-state index contributed by atoms with van der Waals surface area (Å²) >= 11 is 0. The number of rotatable bonds is 3. The highest BCUT2D eigenvalue weighted by Crippen LogP contribution is 2.23. The minimum Gasteiger partial charge on any atom is -0.503 e. The van der Waals surface area contributed by atoms with Crippen molar-refractivity contribution < 1.29 is 18.3 Å². The molecular weight excluding hydrogens is 269 g/mol. The van der Waals surface area contributed by atoms with E-state index < -0.39 is 23.2 Å². The van der Waals surface area contributed by atoms with Gasteiger partial charge < -0.3 is 10.4 Å². The predicted molar refractivity (Wildman–Crippen MR) is 66.5 cm³/mol. The fraction of sp³-hybridized carbons (Fsp3) is 0.0714. The molecule has 0 aliphatic carbocycles. The minimum atomic E-state index is -1.07. The maximum Gasteiger partial charge on any atom is 0.187 e. The molecule has 2 rings (SSSR count). The molecule has 102 valence electrons. The van der Waals surface area contributed by atoms with Crippen LogP contribution in [0.25, 0.3) is 0 Å². The minimum absolute atomic E-state index is 0.0223. The van der Waals surface area contributed by atoms with Crippen molar-refractivity contribution in [2.24, 2.45) is 0 Å². The van der Waals surface area contributed by atoms with Gasteiger partial charge in [-0.05, 0) is 35.9 Å². The van der Waals surface area contributed by atoms with Gasteiger partial charge in [0.15, 0.2) is 17.4 Å². The number of hydrogen-bond donors (Lipinski definition) is 2. The Labute approximate surface area is 112 Å². The number of nitriles is 1. The van der Waals surface area contributed by atoms with Crippen molar-refractivity contribution in [3.63, 3.8) is 0 Å². The van der Waals surface area contributed by atoms with Crippen LogP contribution < -0.4 is 5.32 Å². The Balaban J connectivity index is 2.19. The third-order valence-electron chi connectivity index (χ3n) is 2.66. The standard InChI is InChI=1S/C14H9F3N2O/c15-10-1-2-13(9(5-10)6-18)19-7-8-3-11(16)14(20)12(17)4-8/h1-5,19-20H,7H2. The first-order valence-electron chi connectivity index (χ1n) is 5.61. The SMILES string of the molecule is N#Cc1cc(F)ccc1NCc1cc(F)c(O)c(F)c1. The van der Waals surface area contributed by atoms with E-state index in [9.17, 15) is 13.2 Å². The Bertz CT molecular complexity index is 672. The number of hydrogen-bond acceptors (Lipinski definition) is 3. The molecule has 0 amide bonds. The third-order valence-corrected chi connectivity index (χ3v) is 2.66. The number of nitrogens with zero attached hydrogens (tertiary/aromatic N) is 1. The molecule has 2 aromatic rings. The van der Waals surface area contributed by atoms with Crippen LogP contribution in [0.5, 0.6) is 5.75 Å². The van der Waals surface area contributed by atoms with Gasteiger partial charge in [-0.3, -0.25) is 0 Å². The molecule has 0 fully saturated rings. The molecule has 0 atom stereocenters. The van der Waals surface area contributed by atoms with Gasteiger partial charge in [-0.2, -0.15) is 5.26 Å². The number of phenolic OH excluding ortho intramolecular Hbond substituents is 1. The molecule has 0 aromatic heterocycles. The van der Waals surface area contributed by atoms with Crippen molar-refractivity contribution in [2.75, 3.05) is 5.32 Å². The van der Waals surface area contributed by atoms with Crippen LogP contribution in [0.3, 0.4) is 0 Å². The number of phenols is 1. The number of aromatic hydroxyl groups is 1. The summed E-state index contributed by atoms with van der Waals surface area (Å²) in [6.45, 7) is 0.0223. The first kappa shape index (κ1) is 13.7. The fourth-order valence-corrected chi connectivity index (χ4v) is 1.68. The van der Waals surface area contributed by atoms with E-state index in [1.165, 1.54) is 12.1 Å². The van der Waals surface area contributed by atoms with E-state index in [4.69, 9.17) is 10.4 Å². The summed E-state index contributed by atoms with van der Waals surface area (Å²) in [6.07, 6.45) is 0. The summed E-state index contributed by atoms with van der Waals surface area (Å²) in [7, 11) is 0. The number of benzene rings is 2. The molecule has 3 nitrogen and oxygen atoms in total. The van der Waals surface area contributed by atoms with Gasteiger partial charge in [0.25, 0.3) is 0 Å². The van der Waals surface area contributed by atoms with Crippen molar-refractivity contribution in [3.05, 3.63) is 58.9 Å². The van der Waals surface area contributed by atoms with E-state index in [-0.39, 0.29) is 17.7 Å². The zero-order valence-corrected chi connectivity index (χ0v) is 10.1. The van der Waals surface area contributed by atoms with Gasteiger partial charge in [0.2, 0.25) is 0 Å². The van der Waals surface area contributed by atoms with Gasteiger partial charge in [-0.1, -0.05) is 0 Å². The molecule has 2 aromatic carbocycles. The Morgan fingerprint density at radius 3 is 2.35 bits per heavy atom. The Morgan fingerprint density at radius 1 is 1.10 bits per heavy atom. The smallest absolute Gasteiger partial charge is 0.187 e. The molecule has 0 aliphatic heterocycles. The van der Waals surface area contributed by atoms with Gasteiger partial charge in [0.05, 0.1) is 11.3 Å². The van der Waals surface area contributed by atoms with E-state index in [0.717, 1.165) is 18.2 Å². The fourth-order valence-electron chi connectivity index (χ4n) is 1.68. The Morgan fingerprint density at radius 2 is 1.75 bits per heavy atom. The molecule has 0 radical (unpaired) electrons. The van der Waals surface area contributed by atoms with Gasteiger partial charge in [0, 0.05) is 6.54 Å². The van der Waals surface area contributed by atoms with Crippen molar-refractivity contribution >= 4 is 5.69 Å². The zero-order chi connectivity index (χ0) is 14.7. The summed E-state index contributed by atoms with van der Waals surface area (Å²) in [6, 6.07) is 7.35. The van der Waals surface area contributed by atoms with Crippen molar-refractivity contribution in [3.8, 4) is 11.8 Å². The summed E-state index contributed by atoms with van der Waals surface area (Å²) in [5.41, 5.74) is 0.679. The van der Waals surface area contributed by atoms with Crippen molar-refractivity contribution in [1.29, 1.82) is 5.26 Å². The lowest BCUT2D eigenvalue weighted by atomic mass is 10.1.